The van der Waals surface area contributed by atoms with E-state index in [0.29, 0.717) is 10.9 Å². The highest BCUT2D eigenvalue weighted by Crippen LogP contribution is 2.24. The zero-order valence-corrected chi connectivity index (χ0v) is 8.27. The third-order valence-electron chi connectivity index (χ3n) is 2.49. The number of aliphatic hydroxyl groups excluding tert-OH is 1. The summed E-state index contributed by atoms with van der Waals surface area (Å²) in [5.74, 6) is -0.971. The van der Waals surface area contributed by atoms with E-state index in [1.807, 2.05) is 17.7 Å². The minimum atomic E-state index is -0.971. The van der Waals surface area contributed by atoms with Crippen molar-refractivity contribution in [3.63, 3.8) is 0 Å². The van der Waals surface area contributed by atoms with Gasteiger partial charge in [0.1, 0.15) is 0 Å². The Balaban J connectivity index is 2.88. The first-order valence-electron chi connectivity index (χ1n) is 4.56. The SMILES string of the molecule is Cn1cc(CO)c2c(C(=O)O)cccc21. The molecule has 0 saturated carbocycles. The molecule has 15 heavy (non-hydrogen) atoms. The Hall–Kier alpha value is -1.81. The van der Waals surface area contributed by atoms with Gasteiger partial charge < -0.3 is 14.8 Å². The summed E-state index contributed by atoms with van der Waals surface area (Å²) in [5, 5.41) is 18.8. The van der Waals surface area contributed by atoms with Crippen molar-refractivity contribution >= 4 is 16.9 Å². The highest BCUT2D eigenvalue weighted by atomic mass is 16.4. The number of aromatic nitrogens is 1. The van der Waals surface area contributed by atoms with Crippen LogP contribution in [0.15, 0.2) is 24.4 Å². The van der Waals surface area contributed by atoms with E-state index in [1.54, 1.807) is 18.3 Å². The van der Waals surface area contributed by atoms with Crippen LogP contribution in [-0.2, 0) is 13.7 Å². The van der Waals surface area contributed by atoms with Crippen molar-refractivity contribution in [2.45, 2.75) is 6.61 Å². The van der Waals surface area contributed by atoms with Crippen LogP contribution in [0, 0.1) is 0 Å². The Labute approximate surface area is 86.4 Å². The maximum atomic E-state index is 11.0. The number of carboxylic acid groups (broad SMARTS) is 1. The Kier molecular flexibility index (Phi) is 2.21. The van der Waals surface area contributed by atoms with Crippen molar-refractivity contribution in [2.75, 3.05) is 0 Å². The molecule has 2 rings (SSSR count). The van der Waals surface area contributed by atoms with Crippen molar-refractivity contribution in [3.05, 3.63) is 35.5 Å². The highest BCUT2D eigenvalue weighted by molar-refractivity contribution is 6.04. The summed E-state index contributed by atoms with van der Waals surface area (Å²) >= 11 is 0. The van der Waals surface area contributed by atoms with E-state index in [9.17, 15) is 4.79 Å². The van der Waals surface area contributed by atoms with Gasteiger partial charge in [0.05, 0.1) is 12.2 Å². The molecule has 4 heteroatoms. The molecule has 0 saturated heterocycles. The van der Waals surface area contributed by atoms with Gasteiger partial charge >= 0.3 is 5.97 Å². The summed E-state index contributed by atoms with van der Waals surface area (Å²) in [6.45, 7) is -0.151. The molecule has 0 aliphatic heterocycles. The molecule has 2 aromatic rings. The lowest BCUT2D eigenvalue weighted by Crippen LogP contribution is -1.98. The maximum absolute atomic E-state index is 11.0. The van der Waals surface area contributed by atoms with E-state index >= 15 is 0 Å². The van der Waals surface area contributed by atoms with Crippen molar-refractivity contribution in [1.82, 2.24) is 4.57 Å². The first-order chi connectivity index (χ1) is 7.15. The molecule has 0 radical (unpaired) electrons. The molecule has 4 nitrogen and oxygen atoms in total. The quantitative estimate of drug-likeness (QED) is 0.778. The van der Waals surface area contributed by atoms with Crippen LogP contribution in [0.4, 0.5) is 0 Å². The average molecular weight is 205 g/mol. The molecule has 0 bridgehead atoms. The Morgan fingerprint density at radius 1 is 1.47 bits per heavy atom. The molecule has 0 aliphatic carbocycles. The van der Waals surface area contributed by atoms with Crippen molar-refractivity contribution in [3.8, 4) is 0 Å². The van der Waals surface area contributed by atoms with Crippen LogP contribution in [0.2, 0.25) is 0 Å². The molecule has 2 N–H and O–H groups in total. The fourth-order valence-electron chi connectivity index (χ4n) is 1.84. The number of hydrogen-bond donors (Lipinski definition) is 2. The summed E-state index contributed by atoms with van der Waals surface area (Å²) in [4.78, 5) is 11.0. The Morgan fingerprint density at radius 3 is 2.80 bits per heavy atom. The number of benzene rings is 1. The fourth-order valence-corrected chi connectivity index (χ4v) is 1.84. The Bertz CT molecular complexity index is 528. The van der Waals surface area contributed by atoms with Gasteiger partial charge in [0, 0.05) is 29.7 Å². The first-order valence-corrected chi connectivity index (χ1v) is 4.56. The molecule has 0 aliphatic rings. The fraction of sp³-hybridized carbons (Fsp3) is 0.182. The minimum Gasteiger partial charge on any atom is -0.478 e. The van der Waals surface area contributed by atoms with Crippen LogP contribution in [-0.4, -0.2) is 20.7 Å². The van der Waals surface area contributed by atoms with Gasteiger partial charge in [0.25, 0.3) is 0 Å². The van der Waals surface area contributed by atoms with Crippen LogP contribution in [0.3, 0.4) is 0 Å². The van der Waals surface area contributed by atoms with E-state index in [-0.39, 0.29) is 12.2 Å². The molecule has 0 fully saturated rings. The predicted molar refractivity (Wildman–Crippen MR) is 55.8 cm³/mol. The number of aryl methyl sites for hydroxylation is 1. The minimum absolute atomic E-state index is 0.151. The topological polar surface area (TPSA) is 62.5 Å². The van der Waals surface area contributed by atoms with Gasteiger partial charge in [-0.15, -0.1) is 0 Å². The van der Waals surface area contributed by atoms with Gasteiger partial charge in [-0.2, -0.15) is 0 Å². The summed E-state index contributed by atoms with van der Waals surface area (Å²) in [6, 6.07) is 5.08. The van der Waals surface area contributed by atoms with Crippen molar-refractivity contribution < 1.29 is 15.0 Å². The van der Waals surface area contributed by atoms with Gasteiger partial charge in [-0.05, 0) is 12.1 Å². The zero-order chi connectivity index (χ0) is 11.0. The van der Waals surface area contributed by atoms with Crippen LogP contribution in [0.5, 0.6) is 0 Å². The monoisotopic (exact) mass is 205 g/mol. The molecule has 1 aromatic carbocycles. The number of carboxylic acids is 1. The number of fused-ring (bicyclic) bond motifs is 1. The first kappa shape index (κ1) is 9.73. The van der Waals surface area contributed by atoms with Crippen LogP contribution in [0.25, 0.3) is 10.9 Å². The van der Waals surface area contributed by atoms with Gasteiger partial charge in [-0.1, -0.05) is 6.07 Å². The van der Waals surface area contributed by atoms with E-state index in [0.717, 1.165) is 5.52 Å². The lowest BCUT2D eigenvalue weighted by Gasteiger charge is -2.00. The average Bonchev–Trinajstić information content (AvgIpc) is 2.55. The largest absolute Gasteiger partial charge is 0.478 e. The molecule has 0 atom stereocenters. The predicted octanol–water partition coefficient (Wildman–Crippen LogP) is 1.37. The number of hydrogen-bond acceptors (Lipinski definition) is 2. The lowest BCUT2D eigenvalue weighted by atomic mass is 10.1. The van der Waals surface area contributed by atoms with E-state index < -0.39 is 5.97 Å². The second-order valence-electron chi connectivity index (χ2n) is 3.43. The van der Waals surface area contributed by atoms with Crippen LogP contribution in [0.1, 0.15) is 15.9 Å². The van der Waals surface area contributed by atoms with Gasteiger partial charge in [0.15, 0.2) is 0 Å². The molecule has 1 aromatic heterocycles. The van der Waals surface area contributed by atoms with Gasteiger partial charge in [0.2, 0.25) is 0 Å². The smallest absolute Gasteiger partial charge is 0.336 e. The summed E-state index contributed by atoms with van der Waals surface area (Å²) < 4.78 is 1.81. The number of carbonyl (C=O) groups is 1. The summed E-state index contributed by atoms with van der Waals surface area (Å²) in [7, 11) is 1.83. The van der Waals surface area contributed by atoms with Crippen LogP contribution < -0.4 is 0 Å². The molecule has 1 heterocycles. The number of aromatic carboxylic acids is 1. The summed E-state index contributed by atoms with van der Waals surface area (Å²) in [6.07, 6.45) is 1.75. The second kappa shape index (κ2) is 3.40. The number of aliphatic hydroxyl groups is 1. The number of rotatable bonds is 2. The normalized spacial score (nSPS) is 10.8. The Morgan fingerprint density at radius 2 is 2.20 bits per heavy atom. The molecule has 78 valence electrons. The molecular formula is C11H11NO3. The highest BCUT2D eigenvalue weighted by Gasteiger charge is 2.14. The third kappa shape index (κ3) is 1.39. The zero-order valence-electron chi connectivity index (χ0n) is 8.27. The lowest BCUT2D eigenvalue weighted by molar-refractivity contribution is 0.0699. The maximum Gasteiger partial charge on any atom is 0.336 e. The van der Waals surface area contributed by atoms with E-state index in [4.69, 9.17) is 10.2 Å². The van der Waals surface area contributed by atoms with Crippen molar-refractivity contribution in [1.29, 1.82) is 0 Å². The third-order valence-corrected chi connectivity index (χ3v) is 2.49. The summed E-state index contributed by atoms with van der Waals surface area (Å²) in [5.41, 5.74) is 1.70. The van der Waals surface area contributed by atoms with E-state index in [1.165, 1.54) is 0 Å². The van der Waals surface area contributed by atoms with E-state index in [2.05, 4.69) is 0 Å². The standard InChI is InChI=1S/C11H11NO3/c1-12-5-7(6-13)10-8(11(14)15)3-2-4-9(10)12/h2-5,13H,6H2,1H3,(H,14,15). The van der Waals surface area contributed by atoms with Gasteiger partial charge in [-0.25, -0.2) is 4.79 Å². The second-order valence-corrected chi connectivity index (χ2v) is 3.43. The molecule has 0 spiro atoms. The molecule has 0 unspecified atom stereocenters. The van der Waals surface area contributed by atoms with Gasteiger partial charge in [-0.3, -0.25) is 0 Å². The van der Waals surface area contributed by atoms with Crippen LogP contribution >= 0.6 is 0 Å². The van der Waals surface area contributed by atoms with Crippen molar-refractivity contribution in [2.24, 2.45) is 7.05 Å². The molecular weight excluding hydrogens is 194 g/mol. The number of nitrogens with zero attached hydrogens (tertiary/aromatic N) is 1. The molecule has 0 amide bonds.